The largest absolute Gasteiger partial charge is 0.0622 e. The lowest BCUT2D eigenvalue weighted by Crippen LogP contribution is -1.96. The van der Waals surface area contributed by atoms with E-state index in [1.54, 1.807) is 0 Å². The highest BCUT2D eigenvalue weighted by Gasteiger charge is 2.31. The molecule has 0 N–H and O–H groups in total. The Kier molecular flexibility index (Phi) is 6.38. The molecule has 0 spiro atoms. The first-order valence-electron chi connectivity index (χ1n) is 21.0. The Balaban J connectivity index is 1.41. The van der Waals surface area contributed by atoms with E-state index < -0.39 is 0 Å². The maximum Gasteiger partial charge on any atom is -0.0000928 e. The van der Waals surface area contributed by atoms with Crippen molar-refractivity contribution in [1.29, 1.82) is 0 Å². The molecule has 0 heteroatoms. The lowest BCUT2D eigenvalue weighted by Gasteiger charge is -2.24. The van der Waals surface area contributed by atoms with Crippen LogP contribution in [0.3, 0.4) is 0 Å². The van der Waals surface area contributed by atoms with Crippen molar-refractivity contribution >= 4 is 97.0 Å². The number of hydrogen-bond donors (Lipinski definition) is 0. The second-order valence-corrected chi connectivity index (χ2v) is 16.6. The van der Waals surface area contributed by atoms with Crippen LogP contribution in [0, 0.1) is 0 Å². The van der Waals surface area contributed by atoms with E-state index >= 15 is 0 Å². The Labute approximate surface area is 346 Å². The first-order chi connectivity index (χ1) is 29.8. The van der Waals surface area contributed by atoms with Gasteiger partial charge in [-0.25, -0.2) is 0 Å². The Bertz CT molecular complexity index is 3480. The summed E-state index contributed by atoms with van der Waals surface area (Å²) in [6.07, 6.45) is 0. The topological polar surface area (TPSA) is 0 Å². The molecule has 0 radical (unpaired) electrons. The molecular formula is C60H34. The van der Waals surface area contributed by atoms with Gasteiger partial charge in [-0.15, -0.1) is 0 Å². The van der Waals surface area contributed by atoms with Gasteiger partial charge in [0.15, 0.2) is 0 Å². The minimum atomic E-state index is 1.23. The van der Waals surface area contributed by atoms with E-state index in [9.17, 15) is 0 Å². The zero-order valence-electron chi connectivity index (χ0n) is 32.6. The lowest BCUT2D eigenvalue weighted by atomic mass is 9.78. The third-order valence-electron chi connectivity index (χ3n) is 13.6. The average Bonchev–Trinajstić information content (AvgIpc) is 3.84. The second kappa shape index (κ2) is 11.9. The van der Waals surface area contributed by atoms with Crippen LogP contribution in [0.15, 0.2) is 206 Å². The molecule has 0 bridgehead atoms. The molecule has 0 aliphatic rings. The van der Waals surface area contributed by atoms with Gasteiger partial charge in [0.05, 0.1) is 0 Å². The molecule has 0 saturated carbocycles. The third kappa shape index (κ3) is 4.10. The van der Waals surface area contributed by atoms with Crippen LogP contribution in [0.4, 0.5) is 0 Å². The normalized spacial score (nSPS) is 12.3. The summed E-state index contributed by atoms with van der Waals surface area (Å²) in [7, 11) is 0. The fraction of sp³-hybridized carbons (Fsp3) is 0. The van der Waals surface area contributed by atoms with Crippen LogP contribution in [0.5, 0.6) is 0 Å². The molecular weight excluding hydrogens is 721 g/mol. The van der Waals surface area contributed by atoms with E-state index in [1.807, 2.05) is 0 Å². The molecule has 0 aliphatic heterocycles. The van der Waals surface area contributed by atoms with Gasteiger partial charge in [-0.1, -0.05) is 206 Å². The summed E-state index contributed by atoms with van der Waals surface area (Å²) >= 11 is 0. The summed E-state index contributed by atoms with van der Waals surface area (Å²) in [5.74, 6) is 0. The van der Waals surface area contributed by atoms with Gasteiger partial charge in [0.1, 0.15) is 0 Å². The van der Waals surface area contributed by atoms with Gasteiger partial charge in [-0.05, 0) is 141 Å². The van der Waals surface area contributed by atoms with Gasteiger partial charge in [0, 0.05) is 0 Å². The van der Waals surface area contributed by atoms with Gasteiger partial charge in [0.25, 0.3) is 0 Å². The van der Waals surface area contributed by atoms with E-state index in [1.165, 1.54) is 141 Å². The fourth-order valence-electron chi connectivity index (χ4n) is 11.4. The maximum atomic E-state index is 2.41. The summed E-state index contributed by atoms with van der Waals surface area (Å²) in [5, 5.41) is 23.7. The van der Waals surface area contributed by atoms with Crippen molar-refractivity contribution in [2.24, 2.45) is 0 Å². The van der Waals surface area contributed by atoms with Gasteiger partial charge < -0.3 is 0 Å². The number of hydrogen-bond acceptors (Lipinski definition) is 0. The van der Waals surface area contributed by atoms with E-state index in [0.29, 0.717) is 0 Å². The van der Waals surface area contributed by atoms with E-state index in [2.05, 4.69) is 206 Å². The molecule has 14 rings (SSSR count). The molecule has 0 heterocycles. The van der Waals surface area contributed by atoms with Crippen molar-refractivity contribution in [2.75, 3.05) is 0 Å². The van der Waals surface area contributed by atoms with Crippen molar-refractivity contribution in [3.05, 3.63) is 206 Å². The average molecular weight is 755 g/mol. The smallest absolute Gasteiger partial charge is 0.0000928 e. The second-order valence-electron chi connectivity index (χ2n) is 16.6. The van der Waals surface area contributed by atoms with Crippen molar-refractivity contribution in [3.63, 3.8) is 0 Å². The first-order valence-corrected chi connectivity index (χ1v) is 21.0. The number of benzene rings is 12. The minimum Gasteiger partial charge on any atom is -0.0622 e. The molecule has 60 heavy (non-hydrogen) atoms. The van der Waals surface area contributed by atoms with Crippen molar-refractivity contribution in [2.45, 2.75) is 0 Å². The van der Waals surface area contributed by atoms with Crippen molar-refractivity contribution < 1.29 is 0 Å². The summed E-state index contributed by atoms with van der Waals surface area (Å²) in [4.78, 5) is 0. The van der Waals surface area contributed by atoms with Crippen LogP contribution in [0.2, 0.25) is 0 Å². The Hall–Kier alpha value is -7.80. The standard InChI is InChI=1S/C60H34/c1-5-15-35(16-6-1)49-55-43-31-27-39-23-13-24-40-28-32-44(53(43)47(39)40)56(55)51(37-19-9-3-10-20-37)60-52(38-21-11-4-12-22-38)58-46-34-30-42-26-14-25-41-29-33-45(54(46)48(41)42)57(58)50(59(49)60)36-17-7-2-8-18-36/h1-34H. The van der Waals surface area contributed by atoms with Gasteiger partial charge >= 0.3 is 0 Å². The molecule has 0 amide bonds. The van der Waals surface area contributed by atoms with Crippen molar-refractivity contribution in [1.82, 2.24) is 0 Å². The van der Waals surface area contributed by atoms with Crippen molar-refractivity contribution in [3.8, 4) is 44.5 Å². The zero-order valence-corrected chi connectivity index (χ0v) is 32.6. The quantitative estimate of drug-likeness (QED) is 0.168. The highest BCUT2D eigenvalue weighted by molar-refractivity contribution is 6.49. The summed E-state index contributed by atoms with van der Waals surface area (Å²) in [6.45, 7) is 0. The van der Waals surface area contributed by atoms with Crippen LogP contribution in [0.1, 0.15) is 0 Å². The monoisotopic (exact) mass is 754 g/mol. The molecule has 0 fully saturated rings. The molecule has 14 aromatic rings. The van der Waals surface area contributed by atoms with Crippen LogP contribution >= 0.6 is 0 Å². The maximum absolute atomic E-state index is 2.41. The first kappa shape index (κ1) is 32.2. The Morgan fingerprint density at radius 3 is 0.650 bits per heavy atom. The summed E-state index contributed by atoms with van der Waals surface area (Å²) in [5.41, 5.74) is 10.1. The Morgan fingerprint density at radius 1 is 0.150 bits per heavy atom. The van der Waals surface area contributed by atoms with E-state index in [4.69, 9.17) is 0 Å². The minimum absolute atomic E-state index is 1.23. The highest BCUT2D eigenvalue weighted by atomic mass is 14.3. The summed E-state index contributed by atoms with van der Waals surface area (Å²) in [6, 6.07) is 77.6. The molecule has 0 aromatic heterocycles. The van der Waals surface area contributed by atoms with E-state index in [-0.39, 0.29) is 0 Å². The van der Waals surface area contributed by atoms with Gasteiger partial charge in [-0.3, -0.25) is 0 Å². The molecule has 14 aromatic carbocycles. The number of fused-ring (bicyclic) bond motifs is 7. The highest BCUT2D eigenvalue weighted by Crippen LogP contribution is 2.60. The lowest BCUT2D eigenvalue weighted by molar-refractivity contribution is 1.65. The van der Waals surface area contributed by atoms with Crippen LogP contribution < -0.4 is 0 Å². The predicted molar refractivity (Wildman–Crippen MR) is 259 cm³/mol. The Morgan fingerprint density at radius 2 is 0.400 bits per heavy atom. The van der Waals surface area contributed by atoms with Gasteiger partial charge in [-0.2, -0.15) is 0 Å². The third-order valence-corrected chi connectivity index (χ3v) is 13.6. The predicted octanol–water partition coefficient (Wildman–Crippen LogP) is 17.0. The van der Waals surface area contributed by atoms with Crippen LogP contribution in [0.25, 0.3) is 141 Å². The zero-order chi connectivity index (χ0) is 39.1. The molecule has 274 valence electrons. The molecule has 0 nitrogen and oxygen atoms in total. The van der Waals surface area contributed by atoms with Crippen LogP contribution in [-0.4, -0.2) is 0 Å². The molecule has 0 aliphatic carbocycles. The van der Waals surface area contributed by atoms with E-state index in [0.717, 1.165) is 0 Å². The van der Waals surface area contributed by atoms with Gasteiger partial charge in [0.2, 0.25) is 0 Å². The van der Waals surface area contributed by atoms with Crippen LogP contribution in [-0.2, 0) is 0 Å². The fourth-order valence-corrected chi connectivity index (χ4v) is 11.4. The number of rotatable bonds is 4. The molecule has 0 saturated heterocycles. The molecule has 0 atom stereocenters. The summed E-state index contributed by atoms with van der Waals surface area (Å²) < 4.78 is 0. The molecule has 0 unspecified atom stereocenters. The SMILES string of the molecule is c1ccc(-c2c3c(-c4ccccc4)c4c5ccc6cccc7ccc(c4c(-c4ccccc4)c3c(-c3ccccc3)c3c4ccc8cccc9ccc(c23)c4c98)c5c67)cc1.